The standard InChI is InChI=1S/C12H15NO5/c1-17-8-3-2-4-9(7-8)18-12(16)10(13)5-6-11(14)15/h2-4,7,10H,5-6,13H2,1H3,(H,14,15)/t10-/m0/s1. The first-order valence-corrected chi connectivity index (χ1v) is 5.36. The number of carbonyl (C=O) groups is 2. The third kappa shape index (κ3) is 4.42. The molecule has 1 atom stereocenters. The van der Waals surface area contributed by atoms with Gasteiger partial charge in [0.15, 0.2) is 0 Å². The fourth-order valence-corrected chi connectivity index (χ4v) is 1.25. The Labute approximate surface area is 104 Å². The molecule has 0 saturated carbocycles. The summed E-state index contributed by atoms with van der Waals surface area (Å²) in [4.78, 5) is 21.9. The number of ether oxygens (including phenoxy) is 2. The van der Waals surface area contributed by atoms with Gasteiger partial charge in [-0.05, 0) is 18.6 Å². The molecule has 6 nitrogen and oxygen atoms in total. The summed E-state index contributed by atoms with van der Waals surface area (Å²) in [6.45, 7) is 0. The molecule has 0 aliphatic heterocycles. The lowest BCUT2D eigenvalue weighted by molar-refractivity contribution is -0.138. The summed E-state index contributed by atoms with van der Waals surface area (Å²) in [5.74, 6) is -0.798. The van der Waals surface area contributed by atoms with Crippen molar-refractivity contribution in [1.82, 2.24) is 0 Å². The highest BCUT2D eigenvalue weighted by Crippen LogP contribution is 2.19. The maximum atomic E-state index is 11.5. The summed E-state index contributed by atoms with van der Waals surface area (Å²) >= 11 is 0. The first-order chi connectivity index (χ1) is 8.52. The molecule has 0 saturated heterocycles. The van der Waals surface area contributed by atoms with Gasteiger partial charge in [-0.2, -0.15) is 0 Å². The zero-order valence-corrected chi connectivity index (χ0v) is 9.96. The molecule has 0 aromatic heterocycles. The zero-order chi connectivity index (χ0) is 13.5. The highest BCUT2D eigenvalue weighted by Gasteiger charge is 2.17. The van der Waals surface area contributed by atoms with Gasteiger partial charge >= 0.3 is 11.9 Å². The van der Waals surface area contributed by atoms with E-state index < -0.39 is 18.0 Å². The molecule has 0 amide bonds. The van der Waals surface area contributed by atoms with Gasteiger partial charge in [0, 0.05) is 12.5 Å². The summed E-state index contributed by atoms with van der Waals surface area (Å²) in [6, 6.07) is 5.56. The van der Waals surface area contributed by atoms with E-state index in [1.807, 2.05) is 0 Å². The van der Waals surface area contributed by atoms with Crippen molar-refractivity contribution in [3.63, 3.8) is 0 Å². The number of benzene rings is 1. The van der Waals surface area contributed by atoms with Crippen molar-refractivity contribution >= 4 is 11.9 Å². The number of hydrogen-bond donors (Lipinski definition) is 2. The Morgan fingerprint density at radius 2 is 2.06 bits per heavy atom. The maximum Gasteiger partial charge on any atom is 0.328 e. The number of esters is 1. The molecular formula is C12H15NO5. The number of hydrogen-bond acceptors (Lipinski definition) is 5. The second kappa shape index (κ2) is 6.61. The highest BCUT2D eigenvalue weighted by atomic mass is 16.5. The fraction of sp³-hybridized carbons (Fsp3) is 0.333. The molecule has 3 N–H and O–H groups in total. The quantitative estimate of drug-likeness (QED) is 0.574. The van der Waals surface area contributed by atoms with E-state index in [0.29, 0.717) is 11.5 Å². The smallest absolute Gasteiger partial charge is 0.328 e. The molecule has 0 spiro atoms. The van der Waals surface area contributed by atoms with E-state index in [9.17, 15) is 9.59 Å². The Bertz CT molecular complexity index is 432. The number of carbonyl (C=O) groups excluding carboxylic acids is 1. The number of carboxylic acids is 1. The van der Waals surface area contributed by atoms with E-state index >= 15 is 0 Å². The second-order valence-corrected chi connectivity index (χ2v) is 3.64. The van der Waals surface area contributed by atoms with Crippen LogP contribution < -0.4 is 15.2 Å². The van der Waals surface area contributed by atoms with E-state index in [1.54, 1.807) is 24.3 Å². The molecule has 0 unspecified atom stereocenters. The molecule has 98 valence electrons. The molecule has 0 aliphatic carbocycles. The minimum Gasteiger partial charge on any atom is -0.497 e. The monoisotopic (exact) mass is 253 g/mol. The molecule has 6 heteroatoms. The molecule has 0 aliphatic rings. The molecule has 1 rings (SSSR count). The molecule has 0 heterocycles. The SMILES string of the molecule is COc1cccc(OC(=O)[C@@H](N)CCC(=O)O)c1. The van der Waals surface area contributed by atoms with Crippen LogP contribution in [0.25, 0.3) is 0 Å². The predicted molar refractivity (Wildman–Crippen MR) is 63.5 cm³/mol. The Balaban J connectivity index is 2.55. The van der Waals surface area contributed by atoms with Crippen LogP contribution in [0.4, 0.5) is 0 Å². The van der Waals surface area contributed by atoms with Gasteiger partial charge in [-0.3, -0.25) is 4.79 Å². The molecule has 1 aromatic rings. The Kier molecular flexibility index (Phi) is 5.13. The van der Waals surface area contributed by atoms with Crippen molar-refractivity contribution in [3.8, 4) is 11.5 Å². The molecule has 0 fully saturated rings. The molecule has 1 aromatic carbocycles. The van der Waals surface area contributed by atoms with Crippen molar-refractivity contribution in [2.45, 2.75) is 18.9 Å². The summed E-state index contributed by atoms with van der Waals surface area (Å²) in [6.07, 6.45) is -0.132. The predicted octanol–water partition coefficient (Wildman–Crippen LogP) is 0.793. The van der Waals surface area contributed by atoms with Crippen molar-refractivity contribution in [2.75, 3.05) is 7.11 Å². The van der Waals surface area contributed by atoms with Gasteiger partial charge in [-0.1, -0.05) is 6.07 Å². The van der Waals surface area contributed by atoms with Crippen molar-refractivity contribution < 1.29 is 24.2 Å². The number of aliphatic carboxylic acids is 1. The van der Waals surface area contributed by atoms with Crippen LogP contribution in [0.3, 0.4) is 0 Å². The van der Waals surface area contributed by atoms with E-state index in [1.165, 1.54) is 7.11 Å². The van der Waals surface area contributed by atoms with Gasteiger partial charge in [0.05, 0.1) is 7.11 Å². The topological polar surface area (TPSA) is 98.9 Å². The molecule has 0 bridgehead atoms. The Morgan fingerprint density at radius 3 is 2.67 bits per heavy atom. The van der Waals surface area contributed by atoms with Gasteiger partial charge in [0.1, 0.15) is 17.5 Å². The minimum absolute atomic E-state index is 0.0398. The van der Waals surface area contributed by atoms with Crippen LogP contribution in [0.2, 0.25) is 0 Å². The van der Waals surface area contributed by atoms with Crippen molar-refractivity contribution in [3.05, 3.63) is 24.3 Å². The van der Waals surface area contributed by atoms with Gasteiger partial charge in [-0.25, -0.2) is 4.79 Å². The number of methoxy groups -OCH3 is 1. The summed E-state index contributed by atoms with van der Waals surface area (Å²) < 4.78 is 9.99. The van der Waals surface area contributed by atoms with Gasteiger partial charge in [0.2, 0.25) is 0 Å². The lowest BCUT2D eigenvalue weighted by atomic mass is 10.2. The largest absolute Gasteiger partial charge is 0.497 e. The summed E-state index contributed by atoms with van der Waals surface area (Å²) in [7, 11) is 1.50. The van der Waals surface area contributed by atoms with Crippen molar-refractivity contribution in [1.29, 1.82) is 0 Å². The average molecular weight is 253 g/mol. The summed E-state index contributed by atoms with van der Waals surface area (Å²) in [5, 5.41) is 8.48. The normalized spacial score (nSPS) is 11.7. The first-order valence-electron chi connectivity index (χ1n) is 5.36. The summed E-state index contributed by atoms with van der Waals surface area (Å²) in [5.41, 5.74) is 5.51. The third-order valence-electron chi connectivity index (χ3n) is 2.23. The number of rotatable bonds is 6. The van der Waals surface area contributed by atoms with Crippen LogP contribution >= 0.6 is 0 Å². The lowest BCUT2D eigenvalue weighted by Gasteiger charge is -2.10. The molecular weight excluding hydrogens is 238 g/mol. The first kappa shape index (κ1) is 14.0. The van der Waals surface area contributed by atoms with Crippen LogP contribution in [0.15, 0.2) is 24.3 Å². The third-order valence-corrected chi connectivity index (χ3v) is 2.23. The Hall–Kier alpha value is -2.08. The van der Waals surface area contributed by atoms with Crippen LogP contribution in [0.1, 0.15) is 12.8 Å². The number of carboxylic acid groups (broad SMARTS) is 1. The highest BCUT2D eigenvalue weighted by molar-refractivity contribution is 5.79. The van der Waals surface area contributed by atoms with Gasteiger partial charge in [-0.15, -0.1) is 0 Å². The zero-order valence-electron chi connectivity index (χ0n) is 9.96. The average Bonchev–Trinajstić information content (AvgIpc) is 2.36. The lowest BCUT2D eigenvalue weighted by Crippen LogP contribution is -2.34. The van der Waals surface area contributed by atoms with Gasteiger partial charge in [0.25, 0.3) is 0 Å². The van der Waals surface area contributed by atoms with Crippen LogP contribution in [0.5, 0.6) is 11.5 Å². The van der Waals surface area contributed by atoms with E-state index in [4.69, 9.17) is 20.3 Å². The maximum absolute atomic E-state index is 11.5. The molecule has 18 heavy (non-hydrogen) atoms. The molecule has 0 radical (unpaired) electrons. The van der Waals surface area contributed by atoms with E-state index in [-0.39, 0.29) is 12.8 Å². The van der Waals surface area contributed by atoms with Crippen LogP contribution in [0, 0.1) is 0 Å². The van der Waals surface area contributed by atoms with E-state index in [0.717, 1.165) is 0 Å². The van der Waals surface area contributed by atoms with Crippen LogP contribution in [-0.4, -0.2) is 30.2 Å². The minimum atomic E-state index is -1.00. The fourth-order valence-electron chi connectivity index (χ4n) is 1.25. The van der Waals surface area contributed by atoms with E-state index in [2.05, 4.69) is 0 Å². The Morgan fingerprint density at radius 1 is 1.39 bits per heavy atom. The van der Waals surface area contributed by atoms with Gasteiger partial charge < -0.3 is 20.3 Å². The van der Waals surface area contributed by atoms with Crippen LogP contribution in [-0.2, 0) is 9.59 Å². The van der Waals surface area contributed by atoms with Crippen molar-refractivity contribution in [2.24, 2.45) is 5.73 Å². The second-order valence-electron chi connectivity index (χ2n) is 3.64. The number of nitrogens with two attached hydrogens (primary N) is 1.